The van der Waals surface area contributed by atoms with Crippen molar-refractivity contribution in [3.63, 3.8) is 0 Å². The van der Waals surface area contributed by atoms with Crippen LogP contribution in [0, 0.1) is 18.7 Å². The smallest absolute Gasteiger partial charge is 0.228 e. The van der Waals surface area contributed by atoms with Crippen molar-refractivity contribution in [2.75, 3.05) is 5.32 Å². The van der Waals surface area contributed by atoms with Crippen LogP contribution in [0.4, 0.5) is 10.1 Å². The van der Waals surface area contributed by atoms with E-state index in [1.165, 1.54) is 12.1 Å². The summed E-state index contributed by atoms with van der Waals surface area (Å²) in [5.74, 6) is -0.176. The maximum Gasteiger partial charge on any atom is 0.228 e. The number of hydrogen-bond donors (Lipinski definition) is 1. The first-order valence-corrected chi connectivity index (χ1v) is 7.25. The van der Waals surface area contributed by atoms with Crippen molar-refractivity contribution in [2.45, 2.75) is 19.3 Å². The molecule has 1 saturated carbocycles. The normalized spacial score (nSPS) is 20.1. The molecule has 2 unspecified atom stereocenters. The van der Waals surface area contributed by atoms with Gasteiger partial charge in [0.2, 0.25) is 5.91 Å². The largest absolute Gasteiger partial charge is 0.325 e. The fraction of sp³-hybridized carbons (Fsp3) is 0.235. The van der Waals surface area contributed by atoms with Gasteiger partial charge in [0.15, 0.2) is 0 Å². The van der Waals surface area contributed by atoms with Gasteiger partial charge in [0.25, 0.3) is 0 Å². The van der Waals surface area contributed by atoms with Crippen LogP contribution in [-0.2, 0) is 4.79 Å². The predicted octanol–water partition coefficient (Wildman–Crippen LogP) is 4.53. The summed E-state index contributed by atoms with van der Waals surface area (Å²) >= 11 is 6.11. The van der Waals surface area contributed by atoms with Gasteiger partial charge in [-0.25, -0.2) is 4.39 Å². The van der Waals surface area contributed by atoms with E-state index >= 15 is 0 Å². The zero-order valence-electron chi connectivity index (χ0n) is 11.6. The molecule has 1 aliphatic rings. The Kier molecular flexibility index (Phi) is 3.68. The van der Waals surface area contributed by atoms with Gasteiger partial charge in [-0.05, 0) is 54.7 Å². The fourth-order valence-electron chi connectivity index (χ4n) is 2.51. The molecule has 0 saturated heterocycles. The molecular weight excluding hydrogens is 289 g/mol. The first kappa shape index (κ1) is 14.1. The highest BCUT2D eigenvalue weighted by Crippen LogP contribution is 2.48. The van der Waals surface area contributed by atoms with Gasteiger partial charge in [0, 0.05) is 5.92 Å². The second-order valence-corrected chi connectivity index (χ2v) is 5.88. The lowest BCUT2D eigenvalue weighted by molar-refractivity contribution is -0.117. The molecule has 2 nitrogen and oxygen atoms in total. The molecule has 3 rings (SSSR count). The summed E-state index contributed by atoms with van der Waals surface area (Å²) in [7, 11) is 0. The van der Waals surface area contributed by atoms with Crippen LogP contribution in [0.3, 0.4) is 0 Å². The summed E-state index contributed by atoms with van der Waals surface area (Å²) < 4.78 is 12.9. The number of rotatable bonds is 3. The van der Waals surface area contributed by atoms with Crippen LogP contribution >= 0.6 is 11.6 Å². The number of carbonyl (C=O) groups is 1. The Morgan fingerprint density at radius 2 is 1.95 bits per heavy atom. The van der Waals surface area contributed by atoms with E-state index in [1.54, 1.807) is 12.1 Å². The summed E-state index contributed by atoms with van der Waals surface area (Å²) in [5.41, 5.74) is 2.69. The number of amides is 1. The topological polar surface area (TPSA) is 29.1 Å². The molecule has 2 aromatic carbocycles. The molecule has 0 aromatic heterocycles. The summed E-state index contributed by atoms with van der Waals surface area (Å²) in [4.78, 5) is 12.2. The molecule has 1 fully saturated rings. The minimum Gasteiger partial charge on any atom is -0.325 e. The lowest BCUT2D eigenvalue weighted by Crippen LogP contribution is -2.14. The molecule has 2 aromatic rings. The fourth-order valence-corrected chi connectivity index (χ4v) is 2.79. The van der Waals surface area contributed by atoms with Crippen molar-refractivity contribution in [1.29, 1.82) is 0 Å². The van der Waals surface area contributed by atoms with Crippen molar-refractivity contribution in [3.8, 4) is 0 Å². The van der Waals surface area contributed by atoms with Gasteiger partial charge in [-0.1, -0.05) is 29.8 Å². The maximum absolute atomic E-state index is 12.9. The maximum atomic E-state index is 12.9. The van der Waals surface area contributed by atoms with Gasteiger partial charge in [0.1, 0.15) is 5.82 Å². The van der Waals surface area contributed by atoms with Crippen molar-refractivity contribution < 1.29 is 9.18 Å². The molecule has 21 heavy (non-hydrogen) atoms. The number of carbonyl (C=O) groups excluding carboxylic acids is 1. The van der Waals surface area contributed by atoms with Crippen LogP contribution in [0.1, 0.15) is 23.5 Å². The Balaban J connectivity index is 1.66. The van der Waals surface area contributed by atoms with Crippen molar-refractivity contribution in [2.24, 2.45) is 5.92 Å². The second kappa shape index (κ2) is 5.49. The van der Waals surface area contributed by atoms with Gasteiger partial charge in [-0.3, -0.25) is 4.79 Å². The van der Waals surface area contributed by atoms with Crippen LogP contribution < -0.4 is 5.32 Å². The predicted molar refractivity (Wildman–Crippen MR) is 82.1 cm³/mol. The molecule has 1 aliphatic carbocycles. The van der Waals surface area contributed by atoms with Gasteiger partial charge in [-0.15, -0.1) is 0 Å². The van der Waals surface area contributed by atoms with Crippen molar-refractivity contribution in [3.05, 3.63) is 64.4 Å². The monoisotopic (exact) mass is 303 g/mol. The Morgan fingerprint density at radius 1 is 1.24 bits per heavy atom. The molecule has 0 heterocycles. The summed E-state index contributed by atoms with van der Waals surface area (Å²) in [6.45, 7) is 1.95. The number of hydrogen-bond acceptors (Lipinski definition) is 1. The van der Waals surface area contributed by atoms with Crippen LogP contribution in [0.2, 0.25) is 5.02 Å². The second-order valence-electron chi connectivity index (χ2n) is 5.47. The minimum atomic E-state index is -0.258. The molecule has 0 aliphatic heterocycles. The quantitative estimate of drug-likeness (QED) is 0.887. The summed E-state index contributed by atoms with van der Waals surface area (Å²) in [6.07, 6.45) is 0.793. The van der Waals surface area contributed by atoms with Crippen LogP contribution in [0.15, 0.2) is 42.5 Å². The van der Waals surface area contributed by atoms with Crippen LogP contribution in [0.25, 0.3) is 0 Å². The molecular formula is C17H15ClFNO. The van der Waals surface area contributed by atoms with E-state index in [2.05, 4.69) is 5.32 Å². The molecule has 2 atom stereocenters. The number of benzene rings is 2. The number of anilines is 1. The highest BCUT2D eigenvalue weighted by atomic mass is 35.5. The zero-order valence-corrected chi connectivity index (χ0v) is 12.3. The lowest BCUT2D eigenvalue weighted by atomic mass is 10.1. The number of nitrogens with one attached hydrogen (secondary N) is 1. The third kappa shape index (κ3) is 3.08. The highest BCUT2D eigenvalue weighted by molar-refractivity contribution is 6.33. The molecule has 4 heteroatoms. The van der Waals surface area contributed by atoms with Crippen molar-refractivity contribution in [1.82, 2.24) is 0 Å². The Labute approximate surface area is 127 Å². The van der Waals surface area contributed by atoms with Crippen LogP contribution in [-0.4, -0.2) is 5.91 Å². The summed E-state index contributed by atoms with van der Waals surface area (Å²) in [6, 6.07) is 11.9. The van der Waals surface area contributed by atoms with Crippen molar-refractivity contribution >= 4 is 23.2 Å². The molecule has 0 radical (unpaired) electrons. The average molecular weight is 304 g/mol. The average Bonchev–Trinajstić information content (AvgIpc) is 3.23. The Hall–Kier alpha value is -1.87. The first-order valence-electron chi connectivity index (χ1n) is 6.87. The SMILES string of the molecule is Cc1ccc(NC(=O)C2CC2c2ccc(F)cc2)c(Cl)c1. The van der Waals surface area contributed by atoms with Gasteiger partial charge >= 0.3 is 0 Å². The van der Waals surface area contributed by atoms with E-state index in [1.807, 2.05) is 25.1 Å². The zero-order chi connectivity index (χ0) is 15.0. The Bertz CT molecular complexity index is 684. The van der Waals surface area contributed by atoms with Gasteiger partial charge in [-0.2, -0.15) is 0 Å². The number of halogens is 2. The number of aryl methyl sites for hydroxylation is 1. The molecule has 1 amide bonds. The van der Waals surface area contributed by atoms with E-state index in [-0.39, 0.29) is 23.6 Å². The standard InChI is InChI=1S/C17H15ClFNO/c1-10-2-7-16(15(18)8-10)20-17(21)14-9-13(14)11-3-5-12(19)6-4-11/h2-8,13-14H,9H2,1H3,(H,20,21). The third-order valence-electron chi connectivity index (χ3n) is 3.81. The molecule has 0 spiro atoms. The summed E-state index contributed by atoms with van der Waals surface area (Å²) in [5, 5.41) is 3.41. The Morgan fingerprint density at radius 3 is 2.62 bits per heavy atom. The van der Waals surface area contributed by atoms with E-state index in [9.17, 15) is 9.18 Å². The lowest BCUT2D eigenvalue weighted by Gasteiger charge is -2.08. The van der Waals surface area contributed by atoms with E-state index < -0.39 is 0 Å². The van der Waals surface area contributed by atoms with E-state index in [4.69, 9.17) is 11.6 Å². The third-order valence-corrected chi connectivity index (χ3v) is 4.12. The van der Waals surface area contributed by atoms with Crippen LogP contribution in [0.5, 0.6) is 0 Å². The minimum absolute atomic E-state index is 0.0323. The molecule has 1 N–H and O–H groups in total. The first-order chi connectivity index (χ1) is 10.0. The van der Waals surface area contributed by atoms with Gasteiger partial charge < -0.3 is 5.32 Å². The van der Waals surface area contributed by atoms with E-state index in [0.717, 1.165) is 17.5 Å². The van der Waals surface area contributed by atoms with E-state index in [0.29, 0.717) is 10.7 Å². The highest BCUT2D eigenvalue weighted by Gasteiger charge is 2.43. The molecule has 0 bridgehead atoms. The van der Waals surface area contributed by atoms with Gasteiger partial charge in [0.05, 0.1) is 10.7 Å². The molecule has 108 valence electrons.